The first-order valence-electron chi connectivity index (χ1n) is 13.3. The van der Waals surface area contributed by atoms with E-state index in [1.54, 1.807) is 23.0 Å². The van der Waals surface area contributed by atoms with E-state index in [4.69, 9.17) is 20.6 Å². The van der Waals surface area contributed by atoms with Gasteiger partial charge in [-0.05, 0) is 56.0 Å². The maximum Gasteiger partial charge on any atom is 0.490 e. The number of nitrogens with one attached hydrogen (secondary N) is 3. The van der Waals surface area contributed by atoms with Gasteiger partial charge in [-0.15, -0.1) is 0 Å². The molecule has 17 heteroatoms. The van der Waals surface area contributed by atoms with Crippen molar-refractivity contribution < 1.29 is 36.2 Å². The Morgan fingerprint density at radius 2 is 1.77 bits per heavy atom. The monoisotopic (exact) mass is 621 g/mol. The summed E-state index contributed by atoms with van der Waals surface area (Å²) in [5.74, 6) is -3.89. The van der Waals surface area contributed by atoms with Crippen molar-refractivity contribution in [2.45, 2.75) is 50.5 Å². The van der Waals surface area contributed by atoms with Crippen molar-refractivity contribution in [3.8, 4) is 5.69 Å². The second-order valence-corrected chi connectivity index (χ2v) is 10.0. The summed E-state index contributed by atoms with van der Waals surface area (Å²) in [5.41, 5.74) is 7.88. The van der Waals surface area contributed by atoms with Crippen LogP contribution in [-0.4, -0.2) is 58.8 Å². The van der Waals surface area contributed by atoms with Gasteiger partial charge < -0.3 is 26.5 Å². The molecule has 1 aliphatic carbocycles. The van der Waals surface area contributed by atoms with Crippen LogP contribution >= 0.6 is 0 Å². The molecule has 0 spiro atoms. The lowest BCUT2D eigenvalue weighted by atomic mass is 9.92. The molecule has 44 heavy (non-hydrogen) atoms. The van der Waals surface area contributed by atoms with Gasteiger partial charge in [0.2, 0.25) is 5.95 Å². The highest BCUT2D eigenvalue weighted by molar-refractivity contribution is 5.85. The van der Waals surface area contributed by atoms with Crippen LogP contribution < -0.4 is 16.4 Å². The summed E-state index contributed by atoms with van der Waals surface area (Å²) < 4.78 is 75.1. The third-order valence-electron chi connectivity index (χ3n) is 6.85. The number of carboxylic acids is 1. The highest BCUT2D eigenvalue weighted by Gasteiger charge is 2.38. The molecule has 0 aliphatic heterocycles. The molecule has 6 N–H and O–H groups in total. The third kappa shape index (κ3) is 6.82. The molecule has 2 aromatic carbocycles. The lowest BCUT2D eigenvalue weighted by molar-refractivity contribution is -0.192. The number of nitrogens with zero attached hydrogens (tertiary/aromatic N) is 5. The fourth-order valence-corrected chi connectivity index (χ4v) is 4.67. The summed E-state index contributed by atoms with van der Waals surface area (Å²) in [6.07, 6.45) is 0.0954. The first kappa shape index (κ1) is 30.5. The van der Waals surface area contributed by atoms with E-state index in [0.717, 1.165) is 31.7 Å². The zero-order valence-electron chi connectivity index (χ0n) is 22.7. The van der Waals surface area contributed by atoms with Crippen LogP contribution in [0.4, 0.5) is 38.1 Å². The zero-order chi connectivity index (χ0) is 31.6. The van der Waals surface area contributed by atoms with Gasteiger partial charge in [0, 0.05) is 12.1 Å². The summed E-state index contributed by atoms with van der Waals surface area (Å²) in [5, 5.41) is 13.7. The second kappa shape index (κ2) is 12.4. The third-order valence-corrected chi connectivity index (χ3v) is 6.85. The minimum Gasteiger partial charge on any atom is -0.475 e. The number of aliphatic carboxylic acids is 1. The maximum atomic E-state index is 14.1. The Morgan fingerprint density at radius 1 is 1.05 bits per heavy atom. The molecule has 11 nitrogen and oxygen atoms in total. The normalized spacial score (nSPS) is 16.9. The van der Waals surface area contributed by atoms with Crippen LogP contribution in [0.1, 0.15) is 31.5 Å². The number of rotatable bonds is 6. The van der Waals surface area contributed by atoms with E-state index in [9.17, 15) is 26.3 Å². The van der Waals surface area contributed by atoms with Crippen molar-refractivity contribution in [3.63, 3.8) is 0 Å². The first-order valence-corrected chi connectivity index (χ1v) is 13.3. The lowest BCUT2D eigenvalue weighted by Gasteiger charge is -2.26. The van der Waals surface area contributed by atoms with Crippen molar-refractivity contribution in [2.24, 2.45) is 5.73 Å². The zero-order valence-corrected chi connectivity index (χ0v) is 22.7. The molecule has 1 aliphatic rings. The predicted octanol–water partition coefficient (Wildman–Crippen LogP) is 5.04. The fraction of sp³-hybridized carbons (Fsp3) is 0.296. The average molecular weight is 622 g/mol. The molecule has 1 saturated carbocycles. The summed E-state index contributed by atoms with van der Waals surface area (Å²) in [6, 6.07) is 9.00. The molecule has 3 heterocycles. The topological polar surface area (TPSA) is 160 Å². The Labute approximate surface area is 244 Å². The van der Waals surface area contributed by atoms with Gasteiger partial charge >= 0.3 is 12.1 Å². The molecule has 1 fully saturated rings. The number of hydrogen-bond acceptors (Lipinski definition) is 8. The van der Waals surface area contributed by atoms with E-state index in [1.807, 2.05) is 0 Å². The molecule has 0 bridgehead atoms. The van der Waals surface area contributed by atoms with Crippen molar-refractivity contribution in [2.75, 3.05) is 10.6 Å². The number of aromatic nitrogens is 6. The molecule has 232 valence electrons. The van der Waals surface area contributed by atoms with Gasteiger partial charge in [-0.2, -0.15) is 23.1 Å². The van der Waals surface area contributed by atoms with E-state index in [2.05, 4.69) is 30.6 Å². The Morgan fingerprint density at radius 3 is 2.45 bits per heavy atom. The average Bonchev–Trinajstić information content (AvgIpc) is 3.60. The number of nitrogens with two attached hydrogens (primary N) is 1. The smallest absolute Gasteiger partial charge is 0.475 e. The number of carboxylic acid groups (broad SMARTS) is 1. The molecule has 0 saturated heterocycles. The number of aromatic amines is 1. The SMILES string of the molecule is NC1CCC(Nc2nc(NCc3nc4c(F)c(F)ccc4[nH]3)c3ncn(-c4cccc(F)c4)c3n2)CC1.O=C(O)C(F)(F)F. The summed E-state index contributed by atoms with van der Waals surface area (Å²) in [6.45, 7) is 0.145. The van der Waals surface area contributed by atoms with E-state index in [-0.39, 0.29) is 30.0 Å². The molecule has 0 amide bonds. The number of alkyl halides is 3. The second-order valence-electron chi connectivity index (χ2n) is 10.0. The highest BCUT2D eigenvalue weighted by atomic mass is 19.4. The van der Waals surface area contributed by atoms with Gasteiger partial charge in [-0.1, -0.05) is 6.07 Å². The van der Waals surface area contributed by atoms with Gasteiger partial charge in [0.05, 0.1) is 17.7 Å². The molecule has 3 aromatic heterocycles. The number of hydrogen-bond donors (Lipinski definition) is 5. The summed E-state index contributed by atoms with van der Waals surface area (Å²) in [7, 11) is 0. The Kier molecular flexibility index (Phi) is 8.57. The Balaban J connectivity index is 0.000000493. The van der Waals surface area contributed by atoms with Gasteiger partial charge in [0.15, 0.2) is 28.6 Å². The van der Waals surface area contributed by atoms with E-state index < -0.39 is 23.8 Å². The molecular weight excluding hydrogens is 596 g/mol. The number of carbonyl (C=O) groups is 1. The van der Waals surface area contributed by atoms with Crippen molar-refractivity contribution in [1.29, 1.82) is 0 Å². The van der Waals surface area contributed by atoms with Crippen LogP contribution in [-0.2, 0) is 11.3 Å². The number of halogens is 6. The number of anilines is 2. The lowest BCUT2D eigenvalue weighted by Crippen LogP contribution is -2.33. The van der Waals surface area contributed by atoms with Crippen LogP contribution in [0.3, 0.4) is 0 Å². The van der Waals surface area contributed by atoms with E-state index in [1.165, 1.54) is 18.2 Å². The highest BCUT2D eigenvalue weighted by Crippen LogP contribution is 2.27. The Bertz CT molecular complexity index is 1800. The van der Waals surface area contributed by atoms with E-state index in [0.29, 0.717) is 40.0 Å². The van der Waals surface area contributed by atoms with Gasteiger partial charge in [0.25, 0.3) is 0 Å². The van der Waals surface area contributed by atoms with Crippen LogP contribution in [0.15, 0.2) is 42.7 Å². The maximum absolute atomic E-state index is 14.1. The van der Waals surface area contributed by atoms with Crippen LogP contribution in [0.2, 0.25) is 0 Å². The molecule has 5 aromatic rings. The number of H-pyrrole nitrogens is 1. The minimum atomic E-state index is -5.08. The largest absolute Gasteiger partial charge is 0.490 e. The van der Waals surface area contributed by atoms with Crippen LogP contribution in [0.5, 0.6) is 0 Å². The molecule has 0 radical (unpaired) electrons. The standard InChI is InChI=1S/C25H24F3N9.C2HF3O2/c26-13-2-1-3-16(10-13)37-12-31-22-23(30-11-19-33-18-9-8-17(27)20(28)21(18)34-19)35-25(36-24(22)37)32-15-6-4-14(29)5-7-15;3-2(4,5)1(6)7/h1-3,8-10,12,14-15H,4-7,11,29H2,(H,33,34)(H2,30,32,35,36);(H,6,7). The van der Waals surface area contributed by atoms with Crippen molar-refractivity contribution in [3.05, 3.63) is 66.0 Å². The van der Waals surface area contributed by atoms with Gasteiger partial charge in [-0.25, -0.2) is 27.9 Å². The molecule has 0 unspecified atom stereocenters. The van der Waals surface area contributed by atoms with Gasteiger partial charge in [-0.3, -0.25) is 4.57 Å². The van der Waals surface area contributed by atoms with E-state index >= 15 is 0 Å². The Hall–Kier alpha value is -4.93. The number of imidazole rings is 2. The van der Waals surface area contributed by atoms with Crippen LogP contribution in [0, 0.1) is 17.5 Å². The number of benzene rings is 2. The first-order chi connectivity index (χ1) is 20.9. The van der Waals surface area contributed by atoms with Gasteiger partial charge in [0.1, 0.15) is 23.5 Å². The minimum absolute atomic E-state index is 0.0714. The van der Waals surface area contributed by atoms with Crippen LogP contribution in [0.25, 0.3) is 27.9 Å². The predicted molar refractivity (Wildman–Crippen MR) is 147 cm³/mol. The summed E-state index contributed by atoms with van der Waals surface area (Å²) >= 11 is 0. The molecular formula is C27H25F6N9O2. The molecule has 0 atom stereocenters. The number of fused-ring (bicyclic) bond motifs is 2. The quantitative estimate of drug-likeness (QED) is 0.164. The summed E-state index contributed by atoms with van der Waals surface area (Å²) in [4.78, 5) is 29.9. The van der Waals surface area contributed by atoms with Crippen molar-refractivity contribution in [1.82, 2.24) is 29.5 Å². The molecule has 6 rings (SSSR count). The fourth-order valence-electron chi connectivity index (χ4n) is 4.67. The van der Waals surface area contributed by atoms with Crippen molar-refractivity contribution >= 4 is 39.9 Å².